The first-order valence-electron chi connectivity index (χ1n) is 9.82. The summed E-state index contributed by atoms with van der Waals surface area (Å²) < 4.78 is 46.5. The van der Waals surface area contributed by atoms with Crippen molar-refractivity contribution >= 4 is 100 Å². The van der Waals surface area contributed by atoms with Crippen LogP contribution in [-0.4, -0.2) is 43.7 Å². The zero-order valence-corrected chi connectivity index (χ0v) is 25.9. The van der Waals surface area contributed by atoms with Crippen molar-refractivity contribution in [3.63, 3.8) is 0 Å². The third-order valence-electron chi connectivity index (χ3n) is 3.09. The number of urea groups is 2. The van der Waals surface area contributed by atoms with Crippen LogP contribution >= 0.6 is 55.9 Å². The largest absolute Gasteiger partial charge is 0.480 e. The Labute approximate surface area is 258 Å². The van der Waals surface area contributed by atoms with E-state index in [1.807, 2.05) is 50.5 Å². The summed E-state index contributed by atoms with van der Waals surface area (Å²) in [6.07, 6.45) is 0.0944. The second-order valence-electron chi connectivity index (χ2n) is 6.49. The van der Waals surface area contributed by atoms with Gasteiger partial charge >= 0.3 is 18.0 Å². The Morgan fingerprint density at radius 1 is 0.950 bits per heavy atom. The molecule has 0 fully saturated rings. The van der Waals surface area contributed by atoms with Gasteiger partial charge in [-0.25, -0.2) is 26.8 Å². The number of nitrogens with two attached hydrogens (primary N) is 1. The fourth-order valence-corrected chi connectivity index (χ4v) is 2.68. The van der Waals surface area contributed by atoms with Crippen LogP contribution in [0.2, 0.25) is 0 Å². The first kappa shape index (κ1) is 38.8. The molecule has 0 aliphatic heterocycles. The van der Waals surface area contributed by atoms with Crippen LogP contribution in [0.15, 0.2) is 36.4 Å². The van der Waals surface area contributed by atoms with Gasteiger partial charge in [-0.15, -0.1) is 0 Å². The van der Waals surface area contributed by atoms with E-state index in [0.29, 0.717) is 3.57 Å². The van der Waals surface area contributed by atoms with Crippen LogP contribution in [0, 0.1) is 41.4 Å². The first-order chi connectivity index (χ1) is 18.4. The number of aliphatic carboxylic acids is 1. The van der Waals surface area contributed by atoms with Crippen molar-refractivity contribution in [1.29, 1.82) is 10.5 Å². The maximum absolute atomic E-state index is 13.3. The van der Waals surface area contributed by atoms with Gasteiger partial charge in [0.05, 0.1) is 29.8 Å². The van der Waals surface area contributed by atoms with Gasteiger partial charge in [-0.3, -0.25) is 14.9 Å². The molecule has 2 rings (SSSR count). The lowest BCUT2D eigenvalue weighted by Gasteiger charge is -2.06. The summed E-state index contributed by atoms with van der Waals surface area (Å²) in [6.45, 7) is 0. The van der Waals surface area contributed by atoms with Crippen molar-refractivity contribution in [3.05, 3.63) is 55.2 Å². The normalized spacial score (nSPS) is 9.20. The SMILES string of the molecule is CS(=O)(=O)Cl.N#CCC(=O)NC(=O)Nc1ccc(I)cc1F.N#CCC(=O)O.NC(=O)Nc1ccc(I)cc1F. The predicted molar refractivity (Wildman–Crippen MR) is 157 cm³/mol. The van der Waals surface area contributed by atoms with Crippen molar-refractivity contribution < 1.29 is 41.5 Å². The molecule has 0 spiro atoms. The van der Waals surface area contributed by atoms with Crippen LogP contribution < -0.4 is 21.7 Å². The second-order valence-corrected chi connectivity index (χ2v) is 12.0. The highest BCUT2D eigenvalue weighted by Gasteiger charge is 2.10. The number of anilines is 2. The van der Waals surface area contributed by atoms with Gasteiger partial charge in [0.15, 0.2) is 0 Å². The van der Waals surface area contributed by atoms with Crippen LogP contribution in [0.3, 0.4) is 0 Å². The zero-order valence-electron chi connectivity index (χ0n) is 20.0. The number of hydrogen-bond acceptors (Lipinski definition) is 8. The minimum atomic E-state index is -3.19. The van der Waals surface area contributed by atoms with Crippen LogP contribution in [0.25, 0.3) is 0 Å². The number of amides is 5. The summed E-state index contributed by atoms with van der Waals surface area (Å²) in [7, 11) is 1.31. The Morgan fingerprint density at radius 2 is 1.35 bits per heavy atom. The Morgan fingerprint density at radius 3 is 1.65 bits per heavy atom. The number of nitrogens with zero attached hydrogens (tertiary/aromatic N) is 2. The molecule has 0 unspecified atom stereocenters. The van der Waals surface area contributed by atoms with E-state index in [1.54, 1.807) is 18.2 Å². The van der Waals surface area contributed by atoms with Gasteiger partial charge in [0, 0.05) is 17.8 Å². The topological polar surface area (TPSA) is 232 Å². The number of benzene rings is 2. The quantitative estimate of drug-likeness (QED) is 0.221. The summed E-state index contributed by atoms with van der Waals surface area (Å²) in [5.41, 5.74) is 4.88. The Bertz CT molecular complexity index is 1390. The molecule has 0 saturated carbocycles. The van der Waals surface area contributed by atoms with E-state index in [2.05, 4.69) is 21.3 Å². The van der Waals surface area contributed by atoms with Crippen LogP contribution in [-0.2, 0) is 18.6 Å². The molecular formula is C21H19ClF2I2N6O7S. The van der Waals surface area contributed by atoms with E-state index in [0.717, 1.165) is 9.83 Å². The number of nitriles is 2. The molecule has 2 aromatic rings. The van der Waals surface area contributed by atoms with Crippen molar-refractivity contribution in [2.45, 2.75) is 12.8 Å². The monoisotopic (exact) mass is 826 g/mol. The molecule has 0 atom stereocenters. The van der Waals surface area contributed by atoms with Gasteiger partial charge in [0.25, 0.3) is 0 Å². The van der Waals surface area contributed by atoms with Crippen molar-refractivity contribution in [2.24, 2.45) is 5.73 Å². The number of rotatable bonds is 4. The summed E-state index contributed by atoms with van der Waals surface area (Å²) in [5.74, 6) is -2.89. The predicted octanol–water partition coefficient (Wildman–Crippen LogP) is 4.08. The number of carbonyl (C=O) groups excluding carboxylic acids is 3. The number of nitrogens with one attached hydrogen (secondary N) is 3. The van der Waals surface area contributed by atoms with Gasteiger partial charge in [-0.05, 0) is 81.6 Å². The highest BCUT2D eigenvalue weighted by atomic mass is 127. The summed E-state index contributed by atoms with van der Waals surface area (Å²) >= 11 is 3.90. The highest BCUT2D eigenvalue weighted by molar-refractivity contribution is 14.1. The molecule has 0 bridgehead atoms. The van der Waals surface area contributed by atoms with Crippen molar-refractivity contribution in [1.82, 2.24) is 5.32 Å². The van der Waals surface area contributed by atoms with E-state index in [4.69, 9.17) is 21.4 Å². The van der Waals surface area contributed by atoms with Crippen LogP contribution in [0.5, 0.6) is 0 Å². The Balaban J connectivity index is 0. The fourth-order valence-electron chi connectivity index (χ4n) is 1.78. The van der Waals surface area contributed by atoms with Crippen LogP contribution in [0.1, 0.15) is 12.8 Å². The molecule has 0 aromatic heterocycles. The van der Waals surface area contributed by atoms with Gasteiger partial charge in [0.2, 0.25) is 15.0 Å². The lowest BCUT2D eigenvalue weighted by molar-refractivity contribution is -0.135. The summed E-state index contributed by atoms with van der Waals surface area (Å²) in [4.78, 5) is 41.8. The van der Waals surface area contributed by atoms with Gasteiger partial charge in [-0.1, -0.05) is 0 Å². The van der Waals surface area contributed by atoms with E-state index < -0.39 is 57.5 Å². The maximum Gasteiger partial charge on any atom is 0.325 e. The highest BCUT2D eigenvalue weighted by Crippen LogP contribution is 2.17. The molecule has 40 heavy (non-hydrogen) atoms. The molecule has 19 heteroatoms. The Kier molecular flexibility index (Phi) is 19.9. The second kappa shape index (κ2) is 20.5. The average molecular weight is 827 g/mol. The number of carbonyl (C=O) groups is 4. The maximum atomic E-state index is 13.3. The zero-order chi connectivity index (χ0) is 31.5. The molecule has 6 N–H and O–H groups in total. The summed E-state index contributed by atoms with van der Waals surface area (Å²) in [5, 5.41) is 29.7. The van der Waals surface area contributed by atoms with Crippen molar-refractivity contribution in [2.75, 3.05) is 16.9 Å². The van der Waals surface area contributed by atoms with Gasteiger partial charge in [0.1, 0.15) is 24.5 Å². The molecule has 2 aromatic carbocycles. The summed E-state index contributed by atoms with van der Waals surface area (Å²) in [6, 6.07) is 10.1. The molecule has 0 aliphatic rings. The standard InChI is InChI=1S/C10H7FIN3O2.C7H6FIN2O.C3H3NO2.CH3ClO2S/c11-7-5-6(12)1-2-8(7)14-10(17)15-9(16)3-4-13;8-5-3-4(9)1-2-6(5)11-7(10)12;4-2-1-3(5)6;1-5(2,3)4/h1-2,5H,3H2,(H2,14,15,16,17);1-3H,(H3,10,11,12);1H2,(H,5,6);1H3. The van der Waals surface area contributed by atoms with E-state index in [1.165, 1.54) is 30.3 Å². The van der Waals surface area contributed by atoms with E-state index in [-0.39, 0.29) is 11.4 Å². The number of carboxylic acids is 1. The smallest absolute Gasteiger partial charge is 0.325 e. The number of primary amides is 1. The third-order valence-corrected chi connectivity index (χ3v) is 4.43. The molecule has 5 amide bonds. The first-order valence-corrected chi connectivity index (χ1v) is 14.7. The molecular weight excluding hydrogens is 808 g/mol. The molecule has 13 nitrogen and oxygen atoms in total. The van der Waals surface area contributed by atoms with E-state index in [9.17, 15) is 36.4 Å². The fraction of sp³-hybridized carbons (Fsp3) is 0.143. The third kappa shape index (κ3) is 23.8. The number of halogens is 5. The van der Waals surface area contributed by atoms with Crippen molar-refractivity contribution in [3.8, 4) is 12.1 Å². The minimum Gasteiger partial charge on any atom is -0.480 e. The molecule has 216 valence electrons. The minimum absolute atomic E-state index is 0.0346. The Hall–Kier alpha value is -3.34. The lowest BCUT2D eigenvalue weighted by Crippen LogP contribution is -2.34. The number of hydrogen-bond donors (Lipinski definition) is 5. The van der Waals surface area contributed by atoms with Gasteiger partial charge in [-0.2, -0.15) is 10.5 Å². The van der Waals surface area contributed by atoms with Crippen LogP contribution in [0.4, 0.5) is 29.7 Å². The lowest BCUT2D eigenvalue weighted by atomic mass is 10.3. The molecule has 0 radical (unpaired) electrons. The average Bonchev–Trinajstić information content (AvgIpc) is 2.77. The van der Waals surface area contributed by atoms with E-state index >= 15 is 0 Å². The molecule has 0 aliphatic carbocycles. The number of imide groups is 1. The molecule has 0 heterocycles. The molecule has 0 saturated heterocycles. The number of carboxylic acid groups (broad SMARTS) is 1. The van der Waals surface area contributed by atoms with Gasteiger partial charge < -0.3 is 21.5 Å².